The molecule has 3 nitrogen and oxygen atoms in total. The van der Waals surface area contributed by atoms with Gasteiger partial charge in [-0.3, -0.25) is 4.79 Å². The average Bonchev–Trinajstić information content (AvgIpc) is 2.64. The third-order valence-corrected chi connectivity index (χ3v) is 3.15. The third kappa shape index (κ3) is 1.88. The minimum absolute atomic E-state index is 0.326. The smallest absolute Gasteiger partial charge is 0.306 e. The van der Waals surface area contributed by atoms with Gasteiger partial charge in [0.15, 0.2) is 0 Å². The van der Waals surface area contributed by atoms with Gasteiger partial charge in [0, 0.05) is 0 Å². The van der Waals surface area contributed by atoms with E-state index >= 15 is 0 Å². The molecule has 2 atom stereocenters. The van der Waals surface area contributed by atoms with Crippen molar-refractivity contribution >= 4 is 5.97 Å². The topological polar surface area (TPSA) is 57.5 Å². The molecule has 3 heteroatoms. The fourth-order valence-corrected chi connectivity index (χ4v) is 2.25. The highest BCUT2D eigenvalue weighted by Crippen LogP contribution is 2.41. The summed E-state index contributed by atoms with van der Waals surface area (Å²) >= 11 is 0. The summed E-state index contributed by atoms with van der Waals surface area (Å²) in [5.41, 5.74) is -0.113. The van der Waals surface area contributed by atoms with Crippen molar-refractivity contribution in [2.75, 3.05) is 0 Å². The number of hydrogen-bond acceptors (Lipinski definition) is 2. The van der Waals surface area contributed by atoms with Gasteiger partial charge in [0.25, 0.3) is 0 Å². The van der Waals surface area contributed by atoms with Crippen LogP contribution in [0.1, 0.15) is 24.8 Å². The van der Waals surface area contributed by atoms with Crippen molar-refractivity contribution in [2.45, 2.75) is 24.9 Å². The van der Waals surface area contributed by atoms with Gasteiger partial charge in [-0.2, -0.15) is 0 Å². The lowest BCUT2D eigenvalue weighted by Gasteiger charge is -2.22. The van der Waals surface area contributed by atoms with Crippen LogP contribution in [-0.4, -0.2) is 16.2 Å². The van der Waals surface area contributed by atoms with Gasteiger partial charge in [-0.1, -0.05) is 30.3 Å². The maximum Gasteiger partial charge on any atom is 0.306 e. The van der Waals surface area contributed by atoms with Crippen LogP contribution in [0, 0.1) is 5.92 Å². The van der Waals surface area contributed by atoms with E-state index in [1.54, 1.807) is 0 Å². The van der Waals surface area contributed by atoms with E-state index in [-0.39, 0.29) is 0 Å². The van der Waals surface area contributed by atoms with Gasteiger partial charge in [0.1, 0.15) is 0 Å². The highest BCUT2D eigenvalue weighted by Gasteiger charge is 2.41. The number of benzene rings is 1. The fraction of sp³-hybridized carbons (Fsp3) is 0.417. The van der Waals surface area contributed by atoms with Gasteiger partial charge in [0.2, 0.25) is 0 Å². The zero-order valence-corrected chi connectivity index (χ0v) is 8.39. The first-order valence-electron chi connectivity index (χ1n) is 5.12. The fourth-order valence-electron chi connectivity index (χ4n) is 2.25. The molecule has 0 radical (unpaired) electrons. The van der Waals surface area contributed by atoms with Crippen LogP contribution in [-0.2, 0) is 10.4 Å². The molecule has 0 aliphatic heterocycles. The van der Waals surface area contributed by atoms with E-state index in [2.05, 4.69) is 0 Å². The van der Waals surface area contributed by atoms with Crippen LogP contribution >= 0.6 is 0 Å². The van der Waals surface area contributed by atoms with Crippen molar-refractivity contribution in [1.82, 2.24) is 0 Å². The second-order valence-electron chi connectivity index (χ2n) is 4.18. The van der Waals surface area contributed by atoms with Gasteiger partial charge in [-0.15, -0.1) is 0 Å². The first kappa shape index (κ1) is 10.2. The van der Waals surface area contributed by atoms with E-state index in [1.807, 2.05) is 30.3 Å². The van der Waals surface area contributed by atoms with Crippen LogP contribution in [0.15, 0.2) is 30.3 Å². The van der Waals surface area contributed by atoms with E-state index in [0.29, 0.717) is 19.3 Å². The summed E-state index contributed by atoms with van der Waals surface area (Å²) in [7, 11) is 0. The van der Waals surface area contributed by atoms with Gasteiger partial charge in [-0.05, 0) is 24.8 Å². The molecular formula is C12H14O3. The summed E-state index contributed by atoms with van der Waals surface area (Å²) in [4.78, 5) is 10.8. The maximum atomic E-state index is 10.8. The number of carboxylic acids is 1. The summed E-state index contributed by atoms with van der Waals surface area (Å²) in [6.07, 6.45) is 1.42. The molecule has 15 heavy (non-hydrogen) atoms. The minimum Gasteiger partial charge on any atom is -0.481 e. The summed E-state index contributed by atoms with van der Waals surface area (Å²) in [6, 6.07) is 9.31. The molecule has 0 saturated heterocycles. The lowest BCUT2D eigenvalue weighted by atomic mass is 9.91. The van der Waals surface area contributed by atoms with Crippen LogP contribution < -0.4 is 0 Å². The summed E-state index contributed by atoms with van der Waals surface area (Å²) < 4.78 is 0. The number of aliphatic carboxylic acids is 1. The monoisotopic (exact) mass is 206 g/mol. The zero-order valence-electron chi connectivity index (χ0n) is 8.39. The van der Waals surface area contributed by atoms with Crippen LogP contribution in [0.25, 0.3) is 0 Å². The van der Waals surface area contributed by atoms with Crippen molar-refractivity contribution in [2.24, 2.45) is 5.92 Å². The predicted octanol–water partition coefficient (Wildman–Crippen LogP) is 1.76. The minimum atomic E-state index is -0.940. The van der Waals surface area contributed by atoms with Crippen LogP contribution in [0.2, 0.25) is 0 Å². The molecule has 0 heterocycles. The molecule has 0 spiro atoms. The number of aliphatic hydroxyl groups is 1. The molecule has 2 N–H and O–H groups in total. The van der Waals surface area contributed by atoms with E-state index in [9.17, 15) is 9.90 Å². The molecule has 80 valence electrons. The highest BCUT2D eigenvalue weighted by molar-refractivity contribution is 5.70. The van der Waals surface area contributed by atoms with E-state index < -0.39 is 17.5 Å². The van der Waals surface area contributed by atoms with Gasteiger partial charge in [-0.25, -0.2) is 0 Å². The zero-order chi connectivity index (χ0) is 10.9. The molecule has 1 aliphatic rings. The molecule has 1 aliphatic carbocycles. The van der Waals surface area contributed by atoms with E-state index in [0.717, 1.165) is 5.56 Å². The average molecular weight is 206 g/mol. The Morgan fingerprint density at radius 3 is 2.53 bits per heavy atom. The van der Waals surface area contributed by atoms with Crippen LogP contribution in [0.5, 0.6) is 0 Å². The molecule has 1 fully saturated rings. The lowest BCUT2D eigenvalue weighted by Crippen LogP contribution is -2.23. The maximum absolute atomic E-state index is 10.8. The van der Waals surface area contributed by atoms with Gasteiger partial charge < -0.3 is 10.2 Å². The SMILES string of the molecule is O=C(O)[C@H]1CC[C@@](O)(c2ccccc2)C1. The van der Waals surface area contributed by atoms with Crippen molar-refractivity contribution in [3.8, 4) is 0 Å². The van der Waals surface area contributed by atoms with Gasteiger partial charge in [0.05, 0.1) is 11.5 Å². The Labute approximate surface area is 88.4 Å². The number of carboxylic acid groups (broad SMARTS) is 1. The van der Waals surface area contributed by atoms with E-state index in [4.69, 9.17) is 5.11 Å². The Kier molecular flexibility index (Phi) is 2.49. The highest BCUT2D eigenvalue weighted by atomic mass is 16.4. The summed E-state index contributed by atoms with van der Waals surface area (Å²) in [5.74, 6) is -1.21. The molecule has 1 aromatic rings. The van der Waals surface area contributed by atoms with Crippen LogP contribution in [0.4, 0.5) is 0 Å². The Bertz CT molecular complexity index is 360. The second kappa shape index (κ2) is 3.66. The number of rotatable bonds is 2. The molecule has 1 aromatic carbocycles. The van der Waals surface area contributed by atoms with Crippen molar-refractivity contribution in [3.63, 3.8) is 0 Å². The first-order chi connectivity index (χ1) is 7.12. The Morgan fingerprint density at radius 1 is 1.33 bits per heavy atom. The molecular weight excluding hydrogens is 192 g/mol. The Hall–Kier alpha value is -1.35. The molecule has 0 bridgehead atoms. The van der Waals surface area contributed by atoms with Crippen molar-refractivity contribution < 1.29 is 15.0 Å². The Morgan fingerprint density at radius 2 is 2.00 bits per heavy atom. The second-order valence-corrected chi connectivity index (χ2v) is 4.18. The predicted molar refractivity (Wildman–Crippen MR) is 55.3 cm³/mol. The van der Waals surface area contributed by atoms with Crippen molar-refractivity contribution in [3.05, 3.63) is 35.9 Å². The Balaban J connectivity index is 2.20. The first-order valence-corrected chi connectivity index (χ1v) is 5.12. The lowest BCUT2D eigenvalue weighted by molar-refractivity contribution is -0.142. The van der Waals surface area contributed by atoms with E-state index in [1.165, 1.54) is 0 Å². The quantitative estimate of drug-likeness (QED) is 0.775. The standard InChI is InChI=1S/C12H14O3/c13-11(14)9-6-7-12(15,8-9)10-4-2-1-3-5-10/h1-5,9,15H,6-8H2,(H,13,14)/t9-,12-/m0/s1. The normalized spacial score (nSPS) is 30.3. The number of carbonyl (C=O) groups is 1. The number of hydrogen-bond donors (Lipinski definition) is 2. The van der Waals surface area contributed by atoms with Crippen molar-refractivity contribution in [1.29, 1.82) is 0 Å². The molecule has 1 saturated carbocycles. The largest absolute Gasteiger partial charge is 0.481 e. The molecule has 0 aromatic heterocycles. The summed E-state index contributed by atoms with van der Waals surface area (Å²) in [6.45, 7) is 0. The summed E-state index contributed by atoms with van der Waals surface area (Å²) in [5, 5.41) is 19.2. The molecule has 0 amide bonds. The van der Waals surface area contributed by atoms with Gasteiger partial charge >= 0.3 is 5.97 Å². The third-order valence-electron chi connectivity index (χ3n) is 3.15. The molecule has 0 unspecified atom stereocenters. The van der Waals surface area contributed by atoms with Crippen LogP contribution in [0.3, 0.4) is 0 Å². The molecule has 2 rings (SSSR count).